The zero-order valence-electron chi connectivity index (χ0n) is 11.4. The predicted octanol–water partition coefficient (Wildman–Crippen LogP) is 3.41. The van der Waals surface area contributed by atoms with Gasteiger partial charge in [0.15, 0.2) is 5.69 Å². The highest BCUT2D eigenvalue weighted by Crippen LogP contribution is 2.26. The van der Waals surface area contributed by atoms with Crippen LogP contribution in [0.5, 0.6) is 5.75 Å². The van der Waals surface area contributed by atoms with Gasteiger partial charge in [-0.25, -0.2) is 9.37 Å². The minimum Gasteiger partial charge on any atom is -0.494 e. The molecule has 0 fully saturated rings. The third kappa shape index (κ3) is 2.32. The molecule has 0 amide bonds. The molecule has 0 N–H and O–H groups in total. The van der Waals surface area contributed by atoms with Crippen molar-refractivity contribution in [3.63, 3.8) is 0 Å². The van der Waals surface area contributed by atoms with Gasteiger partial charge in [0.2, 0.25) is 0 Å². The van der Waals surface area contributed by atoms with Gasteiger partial charge < -0.3 is 4.74 Å². The number of hydrogen-bond acceptors (Lipinski definition) is 3. The van der Waals surface area contributed by atoms with Gasteiger partial charge in [0, 0.05) is 11.8 Å². The number of nitrogens with zero attached hydrogens (tertiary/aromatic N) is 3. The first-order valence-corrected chi connectivity index (χ1v) is 6.54. The maximum atomic E-state index is 13.3. The van der Waals surface area contributed by atoms with Crippen LogP contribution in [0.1, 0.15) is 12.6 Å². The van der Waals surface area contributed by atoms with E-state index in [1.807, 2.05) is 31.2 Å². The molecule has 3 rings (SSSR count). The van der Waals surface area contributed by atoms with Crippen molar-refractivity contribution in [2.75, 3.05) is 6.61 Å². The standard InChI is InChI=1S/C16H12FN3O/c1-2-21-13-6-3-11(4-7-13)16-14(9-18)20-10-12(17)5-8-15(20)19-16/h3-8,10H,2H2,1H3. The zero-order chi connectivity index (χ0) is 14.8. The second kappa shape index (κ2) is 5.25. The lowest BCUT2D eigenvalue weighted by Gasteiger charge is -2.03. The summed E-state index contributed by atoms with van der Waals surface area (Å²) in [4.78, 5) is 4.40. The highest BCUT2D eigenvalue weighted by molar-refractivity contribution is 5.70. The second-order valence-corrected chi connectivity index (χ2v) is 4.45. The smallest absolute Gasteiger partial charge is 0.152 e. The maximum absolute atomic E-state index is 13.3. The van der Waals surface area contributed by atoms with E-state index < -0.39 is 5.82 Å². The Morgan fingerprint density at radius 1 is 1.24 bits per heavy atom. The van der Waals surface area contributed by atoms with Crippen LogP contribution in [0, 0.1) is 17.1 Å². The van der Waals surface area contributed by atoms with Crippen molar-refractivity contribution < 1.29 is 9.13 Å². The molecular weight excluding hydrogens is 269 g/mol. The molecular formula is C16H12FN3O. The van der Waals surface area contributed by atoms with E-state index in [1.165, 1.54) is 16.7 Å². The Morgan fingerprint density at radius 2 is 2.00 bits per heavy atom. The van der Waals surface area contributed by atoms with Gasteiger partial charge in [0.05, 0.1) is 6.61 Å². The van der Waals surface area contributed by atoms with Crippen molar-refractivity contribution in [3.05, 3.63) is 54.1 Å². The van der Waals surface area contributed by atoms with Crippen LogP contribution in [0.4, 0.5) is 4.39 Å². The van der Waals surface area contributed by atoms with Crippen LogP contribution in [-0.4, -0.2) is 16.0 Å². The first-order chi connectivity index (χ1) is 10.2. The first kappa shape index (κ1) is 13.1. The molecule has 21 heavy (non-hydrogen) atoms. The van der Waals surface area contributed by atoms with Crippen molar-refractivity contribution in [2.24, 2.45) is 0 Å². The maximum Gasteiger partial charge on any atom is 0.152 e. The SMILES string of the molecule is CCOc1ccc(-c2nc3ccc(F)cn3c2C#N)cc1. The summed E-state index contributed by atoms with van der Waals surface area (Å²) in [6, 6.07) is 12.3. The van der Waals surface area contributed by atoms with Crippen LogP contribution in [0.15, 0.2) is 42.6 Å². The number of halogens is 1. The Hall–Kier alpha value is -2.87. The van der Waals surface area contributed by atoms with E-state index >= 15 is 0 Å². The second-order valence-electron chi connectivity index (χ2n) is 4.45. The molecule has 4 nitrogen and oxygen atoms in total. The minimum atomic E-state index is -0.408. The molecule has 1 aromatic carbocycles. The number of ether oxygens (including phenoxy) is 1. The van der Waals surface area contributed by atoms with Crippen molar-refractivity contribution in [2.45, 2.75) is 6.92 Å². The van der Waals surface area contributed by atoms with E-state index in [0.29, 0.717) is 23.6 Å². The normalized spacial score (nSPS) is 10.5. The fourth-order valence-corrected chi connectivity index (χ4v) is 2.20. The van der Waals surface area contributed by atoms with Gasteiger partial charge in [-0.05, 0) is 43.3 Å². The Bertz CT molecular complexity index is 831. The molecule has 0 unspecified atom stereocenters. The number of hydrogen-bond donors (Lipinski definition) is 0. The van der Waals surface area contributed by atoms with Crippen LogP contribution >= 0.6 is 0 Å². The van der Waals surface area contributed by atoms with Gasteiger partial charge in [-0.3, -0.25) is 4.40 Å². The minimum absolute atomic E-state index is 0.314. The van der Waals surface area contributed by atoms with E-state index in [4.69, 9.17) is 4.74 Å². The van der Waals surface area contributed by atoms with Gasteiger partial charge in [-0.15, -0.1) is 0 Å². The molecule has 0 bridgehead atoms. The van der Waals surface area contributed by atoms with Crippen LogP contribution in [0.3, 0.4) is 0 Å². The fourth-order valence-electron chi connectivity index (χ4n) is 2.20. The molecule has 0 saturated heterocycles. The molecule has 5 heteroatoms. The zero-order valence-corrected chi connectivity index (χ0v) is 11.4. The first-order valence-electron chi connectivity index (χ1n) is 6.54. The largest absolute Gasteiger partial charge is 0.494 e. The molecule has 3 aromatic rings. The van der Waals surface area contributed by atoms with E-state index in [-0.39, 0.29) is 0 Å². The molecule has 0 radical (unpaired) electrons. The summed E-state index contributed by atoms with van der Waals surface area (Å²) >= 11 is 0. The van der Waals surface area contributed by atoms with Gasteiger partial charge in [0.1, 0.15) is 29.0 Å². The van der Waals surface area contributed by atoms with E-state index in [1.54, 1.807) is 6.07 Å². The van der Waals surface area contributed by atoms with Crippen LogP contribution < -0.4 is 4.74 Å². The molecule has 0 aliphatic heterocycles. The Kier molecular flexibility index (Phi) is 3.28. The Labute approximate surface area is 121 Å². The molecule has 0 aliphatic carbocycles. The summed E-state index contributed by atoms with van der Waals surface area (Å²) in [7, 11) is 0. The number of rotatable bonds is 3. The number of pyridine rings is 1. The van der Waals surface area contributed by atoms with Crippen LogP contribution in [0.25, 0.3) is 16.9 Å². The lowest BCUT2D eigenvalue weighted by atomic mass is 10.1. The molecule has 0 aliphatic rings. The molecule has 2 heterocycles. The molecule has 0 atom stereocenters. The lowest BCUT2D eigenvalue weighted by Crippen LogP contribution is -1.92. The van der Waals surface area contributed by atoms with Gasteiger partial charge >= 0.3 is 0 Å². The number of imidazole rings is 1. The van der Waals surface area contributed by atoms with E-state index in [2.05, 4.69) is 11.1 Å². The monoisotopic (exact) mass is 281 g/mol. The molecule has 0 saturated carbocycles. The highest BCUT2D eigenvalue weighted by atomic mass is 19.1. The molecule has 2 aromatic heterocycles. The van der Waals surface area contributed by atoms with Crippen molar-refractivity contribution in [3.8, 4) is 23.1 Å². The number of nitriles is 1. The lowest BCUT2D eigenvalue weighted by molar-refractivity contribution is 0.340. The molecule has 0 spiro atoms. The van der Waals surface area contributed by atoms with Crippen molar-refractivity contribution >= 4 is 5.65 Å². The third-order valence-electron chi connectivity index (χ3n) is 3.13. The summed E-state index contributed by atoms with van der Waals surface area (Å²) in [6.07, 6.45) is 1.26. The fraction of sp³-hybridized carbons (Fsp3) is 0.125. The Balaban J connectivity index is 2.13. The van der Waals surface area contributed by atoms with Crippen molar-refractivity contribution in [1.82, 2.24) is 9.38 Å². The topological polar surface area (TPSA) is 50.3 Å². The van der Waals surface area contributed by atoms with Gasteiger partial charge in [-0.1, -0.05) is 0 Å². The Morgan fingerprint density at radius 3 is 2.67 bits per heavy atom. The summed E-state index contributed by atoms with van der Waals surface area (Å²) in [5.41, 5.74) is 2.18. The summed E-state index contributed by atoms with van der Waals surface area (Å²) in [6.45, 7) is 2.51. The average Bonchev–Trinajstić information content (AvgIpc) is 2.86. The van der Waals surface area contributed by atoms with Gasteiger partial charge in [0.25, 0.3) is 0 Å². The van der Waals surface area contributed by atoms with Crippen molar-refractivity contribution in [1.29, 1.82) is 5.26 Å². The number of aromatic nitrogens is 2. The number of fused-ring (bicyclic) bond motifs is 1. The van der Waals surface area contributed by atoms with E-state index in [9.17, 15) is 9.65 Å². The van der Waals surface area contributed by atoms with E-state index in [0.717, 1.165) is 11.3 Å². The summed E-state index contributed by atoms with van der Waals surface area (Å²) in [5.74, 6) is 0.351. The third-order valence-corrected chi connectivity index (χ3v) is 3.13. The number of benzene rings is 1. The van der Waals surface area contributed by atoms with Crippen LogP contribution in [-0.2, 0) is 0 Å². The summed E-state index contributed by atoms with van der Waals surface area (Å²) in [5, 5.41) is 9.34. The van der Waals surface area contributed by atoms with Gasteiger partial charge in [-0.2, -0.15) is 5.26 Å². The summed E-state index contributed by atoms with van der Waals surface area (Å²) < 4.78 is 20.2. The van der Waals surface area contributed by atoms with Crippen LogP contribution in [0.2, 0.25) is 0 Å². The average molecular weight is 281 g/mol. The highest BCUT2D eigenvalue weighted by Gasteiger charge is 2.14. The quantitative estimate of drug-likeness (QED) is 0.739. The predicted molar refractivity (Wildman–Crippen MR) is 76.5 cm³/mol. The molecule has 104 valence electrons.